The van der Waals surface area contributed by atoms with Crippen molar-refractivity contribution in [2.24, 2.45) is 10.8 Å². The fourth-order valence-corrected chi connectivity index (χ4v) is 6.35. The number of carbonyl (C=O) groups excluding carboxylic acids is 1. The van der Waals surface area contributed by atoms with E-state index in [4.69, 9.17) is 4.98 Å². The number of aliphatic hydroxyl groups excluding tert-OH is 1. The number of fused-ring (bicyclic) bond motifs is 4. The molecule has 1 N–H and O–H groups in total. The summed E-state index contributed by atoms with van der Waals surface area (Å²) < 4.78 is 0. The summed E-state index contributed by atoms with van der Waals surface area (Å²) in [4.78, 5) is 17.0. The Morgan fingerprint density at radius 2 is 1.46 bits per heavy atom. The summed E-state index contributed by atoms with van der Waals surface area (Å²) in [7, 11) is 0. The zero-order chi connectivity index (χ0) is 34.5. The van der Waals surface area contributed by atoms with E-state index in [1.165, 1.54) is 50.2 Å². The molecule has 0 saturated carbocycles. The van der Waals surface area contributed by atoms with Crippen LogP contribution in [0.25, 0.3) is 33.2 Å². The molecule has 0 saturated heterocycles. The van der Waals surface area contributed by atoms with Crippen molar-refractivity contribution in [3.8, 4) is 22.4 Å². The van der Waals surface area contributed by atoms with Gasteiger partial charge in [0.05, 0.1) is 0 Å². The number of pyridine rings is 1. The molecule has 1 aliphatic rings. The number of allylic oxidation sites excluding steroid dienone is 2. The Kier molecular flexibility index (Phi) is 13.6. The molecule has 0 spiro atoms. The average Bonchev–Trinajstić information content (AvgIpc) is 3.09. The Balaban J connectivity index is 0.000000301. The maximum Gasteiger partial charge on any atom is 0.164 e. The van der Waals surface area contributed by atoms with Crippen LogP contribution >= 0.6 is 0 Å². The topological polar surface area (TPSA) is 50.2 Å². The summed E-state index contributed by atoms with van der Waals surface area (Å²) in [6.07, 6.45) is 9.01. The van der Waals surface area contributed by atoms with Crippen molar-refractivity contribution in [2.45, 2.75) is 120 Å². The van der Waals surface area contributed by atoms with Gasteiger partial charge in [-0.25, -0.2) is 0 Å². The number of hydrogen-bond acceptors (Lipinski definition) is 3. The fourth-order valence-electron chi connectivity index (χ4n) is 6.35. The standard InChI is InChI=1S/C29H28N.C15H28O2.Ir/c1-18(2)20-11-12-26-22(13-20)9-10-23-17-30-29(16-28(23)26)24-14-21-7-5-6-8-25(21)27(15-24)19(3)4;1-7-14(5,8-2)12(16)11-13(17)15(6,9-3)10-4;/h5-8,11-13,15-19H,9-10H2,1-4H3;11,16H,7-10H2,1-6H3;/q-1;;/b;12-11-;. The molecule has 48 heavy (non-hydrogen) atoms. The van der Waals surface area contributed by atoms with Crippen LogP contribution in [-0.4, -0.2) is 15.9 Å². The van der Waals surface area contributed by atoms with E-state index in [1.54, 1.807) is 0 Å². The minimum absolute atomic E-state index is 0. The fraction of sp³-hybridized carbons (Fsp3) is 0.455. The Labute approximate surface area is 304 Å². The number of aryl methyl sites for hydroxylation is 2. The molecule has 4 heteroatoms. The van der Waals surface area contributed by atoms with Gasteiger partial charge in [-0.05, 0) is 78.2 Å². The van der Waals surface area contributed by atoms with E-state index in [2.05, 4.69) is 94.6 Å². The van der Waals surface area contributed by atoms with Crippen LogP contribution in [0.3, 0.4) is 0 Å². The smallest absolute Gasteiger partial charge is 0.164 e. The van der Waals surface area contributed by atoms with Gasteiger partial charge in [0.15, 0.2) is 5.78 Å². The molecule has 0 aliphatic heterocycles. The molecule has 0 atom stereocenters. The predicted octanol–water partition coefficient (Wildman–Crippen LogP) is 12.4. The normalized spacial score (nSPS) is 13.0. The van der Waals surface area contributed by atoms with Gasteiger partial charge in [-0.3, -0.25) is 9.78 Å². The molecule has 1 heterocycles. The van der Waals surface area contributed by atoms with Crippen molar-refractivity contribution in [3.05, 3.63) is 101 Å². The van der Waals surface area contributed by atoms with Crippen molar-refractivity contribution in [1.82, 2.24) is 4.98 Å². The summed E-state index contributed by atoms with van der Waals surface area (Å²) in [5, 5.41) is 12.6. The quantitative estimate of drug-likeness (QED) is 0.0985. The Morgan fingerprint density at radius 3 is 2.06 bits per heavy atom. The number of rotatable bonds is 10. The van der Waals surface area contributed by atoms with Gasteiger partial charge in [-0.1, -0.05) is 123 Å². The maximum atomic E-state index is 12.2. The number of carbonyl (C=O) groups is 1. The summed E-state index contributed by atoms with van der Waals surface area (Å²) in [6, 6.07) is 23.8. The van der Waals surface area contributed by atoms with E-state index < -0.39 is 0 Å². The SMILES string of the molecule is CC(C)c1ccc2c(c1)CCc1cnc(-c3[c-]c4ccccc4c(C(C)C)c3)cc1-2.CCC(C)(CC)C(=O)/C=C(\O)C(C)(CC)CC.[Ir]. The zero-order valence-corrected chi connectivity index (χ0v) is 33.3. The molecule has 3 aromatic carbocycles. The number of nitrogens with zero attached hydrogens (tertiary/aromatic N) is 1. The van der Waals surface area contributed by atoms with E-state index in [-0.39, 0.29) is 42.5 Å². The van der Waals surface area contributed by atoms with Crippen molar-refractivity contribution in [1.29, 1.82) is 0 Å². The third kappa shape index (κ3) is 8.38. The second kappa shape index (κ2) is 16.6. The first kappa shape index (κ1) is 39.4. The van der Waals surface area contributed by atoms with Crippen molar-refractivity contribution < 1.29 is 30.0 Å². The molecule has 4 aromatic rings. The summed E-state index contributed by atoms with van der Waals surface area (Å²) in [5.74, 6) is 1.30. The molecule has 1 radical (unpaired) electrons. The van der Waals surface area contributed by atoms with E-state index in [0.29, 0.717) is 11.8 Å². The summed E-state index contributed by atoms with van der Waals surface area (Å²) in [5.41, 5.74) is 9.82. The third-order valence-corrected chi connectivity index (χ3v) is 11.0. The molecule has 5 rings (SSSR count). The summed E-state index contributed by atoms with van der Waals surface area (Å²) >= 11 is 0. The molecule has 259 valence electrons. The zero-order valence-electron chi connectivity index (χ0n) is 30.9. The van der Waals surface area contributed by atoms with Gasteiger partial charge < -0.3 is 5.11 Å². The number of hydrogen-bond donors (Lipinski definition) is 1. The second-order valence-corrected chi connectivity index (χ2v) is 14.6. The van der Waals surface area contributed by atoms with Gasteiger partial charge in [0, 0.05) is 48.9 Å². The first-order chi connectivity index (χ1) is 22.3. The molecule has 1 aromatic heterocycles. The summed E-state index contributed by atoms with van der Waals surface area (Å²) in [6.45, 7) is 21.1. The molecule has 1 aliphatic carbocycles. The number of aliphatic hydroxyl groups is 1. The third-order valence-electron chi connectivity index (χ3n) is 11.0. The monoisotopic (exact) mass is 823 g/mol. The molecule has 0 fully saturated rings. The van der Waals surface area contributed by atoms with Crippen LogP contribution in [0.15, 0.2) is 72.6 Å². The van der Waals surface area contributed by atoms with Crippen LogP contribution in [0, 0.1) is 16.9 Å². The second-order valence-electron chi connectivity index (χ2n) is 14.6. The first-order valence-electron chi connectivity index (χ1n) is 17.8. The van der Waals surface area contributed by atoms with Crippen LogP contribution < -0.4 is 0 Å². The van der Waals surface area contributed by atoms with Crippen LogP contribution in [0.5, 0.6) is 0 Å². The molecule has 0 amide bonds. The Morgan fingerprint density at radius 1 is 0.833 bits per heavy atom. The minimum atomic E-state index is -0.337. The number of aromatic nitrogens is 1. The van der Waals surface area contributed by atoms with Gasteiger partial charge in [0.2, 0.25) is 0 Å². The Hall–Kier alpha value is -3.07. The largest absolute Gasteiger partial charge is 0.512 e. The molecular weight excluding hydrogens is 767 g/mol. The van der Waals surface area contributed by atoms with Gasteiger partial charge in [-0.2, -0.15) is 0 Å². The van der Waals surface area contributed by atoms with Crippen LogP contribution in [0.4, 0.5) is 0 Å². The van der Waals surface area contributed by atoms with Gasteiger partial charge in [0.25, 0.3) is 0 Å². The van der Waals surface area contributed by atoms with Gasteiger partial charge >= 0.3 is 0 Å². The van der Waals surface area contributed by atoms with Gasteiger partial charge in [-0.15, -0.1) is 29.1 Å². The van der Waals surface area contributed by atoms with E-state index in [0.717, 1.165) is 49.8 Å². The number of benzene rings is 3. The molecule has 0 unspecified atom stereocenters. The van der Waals surface area contributed by atoms with E-state index in [9.17, 15) is 9.90 Å². The van der Waals surface area contributed by atoms with Crippen molar-refractivity contribution >= 4 is 16.6 Å². The van der Waals surface area contributed by atoms with E-state index >= 15 is 0 Å². The van der Waals surface area contributed by atoms with Crippen molar-refractivity contribution in [3.63, 3.8) is 0 Å². The Bertz CT molecular complexity index is 1740. The number of ketones is 1. The minimum Gasteiger partial charge on any atom is -0.512 e. The first-order valence-corrected chi connectivity index (χ1v) is 17.8. The van der Waals surface area contributed by atoms with E-state index in [1.807, 2.05) is 41.5 Å². The van der Waals surface area contributed by atoms with Crippen LogP contribution in [0.1, 0.15) is 129 Å². The van der Waals surface area contributed by atoms with Crippen LogP contribution in [-0.2, 0) is 37.7 Å². The molecular formula is C44H56IrNO2-. The average molecular weight is 823 g/mol. The maximum absolute atomic E-state index is 12.2. The molecule has 3 nitrogen and oxygen atoms in total. The predicted molar refractivity (Wildman–Crippen MR) is 200 cm³/mol. The van der Waals surface area contributed by atoms with Crippen LogP contribution in [0.2, 0.25) is 0 Å². The van der Waals surface area contributed by atoms with Crippen molar-refractivity contribution in [2.75, 3.05) is 0 Å². The van der Waals surface area contributed by atoms with Gasteiger partial charge in [0.1, 0.15) is 5.76 Å². The molecule has 0 bridgehead atoms.